The maximum Gasteiger partial charge on any atom is 0.287 e. The van der Waals surface area contributed by atoms with Gasteiger partial charge in [0.05, 0.1) is 5.56 Å². The first-order valence-electron chi connectivity index (χ1n) is 7.50. The summed E-state index contributed by atoms with van der Waals surface area (Å²) in [6.07, 6.45) is 7.74. The summed E-state index contributed by atoms with van der Waals surface area (Å²) in [4.78, 5) is 0. The average Bonchev–Trinajstić information content (AvgIpc) is 2.38. The Morgan fingerprint density at radius 1 is 1.16 bits per heavy atom. The van der Waals surface area contributed by atoms with Crippen LogP contribution in [0.25, 0.3) is 0 Å². The predicted molar refractivity (Wildman–Crippen MR) is 78.3 cm³/mol. The van der Waals surface area contributed by atoms with E-state index in [1.54, 1.807) is 0 Å². The summed E-state index contributed by atoms with van der Waals surface area (Å²) in [6, 6.07) is 5.09. The van der Waals surface area contributed by atoms with Crippen molar-refractivity contribution in [1.82, 2.24) is 0 Å². The summed E-state index contributed by atoms with van der Waals surface area (Å²) in [6.45, 7) is 7.39. The van der Waals surface area contributed by atoms with Gasteiger partial charge in [0.15, 0.2) is 12.3 Å². The molecule has 0 saturated heterocycles. The van der Waals surface area contributed by atoms with Gasteiger partial charge in [-0.25, -0.2) is 0 Å². The SMILES string of the molecule is Cc1cc(C)c2c(c1)C=[N+](C1CCCCC1C)CO2. The Balaban J connectivity index is 1.94. The standard InChI is InChI=1S/C17H24NO/c1-12-8-14(3)17-15(9-12)10-18(11-19-17)16-7-5-4-6-13(16)2/h8-10,13,16H,4-7,11H2,1-3H3/q+1. The van der Waals surface area contributed by atoms with Crippen LogP contribution in [0.1, 0.15) is 49.3 Å². The monoisotopic (exact) mass is 258 g/mol. The molecule has 2 aliphatic rings. The first-order valence-corrected chi connectivity index (χ1v) is 7.50. The number of fused-ring (bicyclic) bond motifs is 1. The zero-order valence-electron chi connectivity index (χ0n) is 12.3. The highest BCUT2D eigenvalue weighted by molar-refractivity contribution is 5.82. The molecule has 1 aromatic carbocycles. The molecule has 3 rings (SSSR count). The number of aryl methyl sites for hydroxylation is 2. The van der Waals surface area contributed by atoms with E-state index < -0.39 is 0 Å². The van der Waals surface area contributed by atoms with Crippen molar-refractivity contribution in [3.63, 3.8) is 0 Å². The lowest BCUT2D eigenvalue weighted by Crippen LogP contribution is -2.39. The first-order chi connectivity index (χ1) is 9.15. The molecule has 0 aromatic heterocycles. The van der Waals surface area contributed by atoms with Crippen molar-refractivity contribution in [1.29, 1.82) is 0 Å². The molecule has 2 nitrogen and oxygen atoms in total. The van der Waals surface area contributed by atoms with Crippen LogP contribution in [0.4, 0.5) is 0 Å². The van der Waals surface area contributed by atoms with Crippen LogP contribution in [0, 0.1) is 19.8 Å². The van der Waals surface area contributed by atoms with Gasteiger partial charge < -0.3 is 4.74 Å². The van der Waals surface area contributed by atoms with E-state index in [-0.39, 0.29) is 0 Å². The molecule has 1 fully saturated rings. The van der Waals surface area contributed by atoms with Crippen LogP contribution >= 0.6 is 0 Å². The third kappa shape index (κ3) is 2.41. The molecule has 1 aliphatic heterocycles. The topological polar surface area (TPSA) is 12.2 Å². The second-order valence-corrected chi connectivity index (χ2v) is 6.25. The van der Waals surface area contributed by atoms with Gasteiger partial charge in [-0.2, -0.15) is 4.58 Å². The van der Waals surface area contributed by atoms with Crippen LogP contribution in [-0.4, -0.2) is 23.6 Å². The van der Waals surface area contributed by atoms with Crippen LogP contribution in [0.15, 0.2) is 12.1 Å². The molecule has 0 spiro atoms. The van der Waals surface area contributed by atoms with Crippen molar-refractivity contribution in [2.45, 2.75) is 52.5 Å². The Hall–Kier alpha value is -1.31. The zero-order chi connectivity index (χ0) is 13.4. The normalized spacial score (nSPS) is 26.4. The molecule has 1 aliphatic carbocycles. The molecule has 2 unspecified atom stereocenters. The second kappa shape index (κ2) is 4.99. The van der Waals surface area contributed by atoms with Crippen molar-refractivity contribution in [2.75, 3.05) is 6.73 Å². The third-order valence-electron chi connectivity index (χ3n) is 4.60. The lowest BCUT2D eigenvalue weighted by atomic mass is 9.85. The van der Waals surface area contributed by atoms with Crippen LogP contribution in [0.2, 0.25) is 0 Å². The van der Waals surface area contributed by atoms with Crippen molar-refractivity contribution >= 4 is 6.21 Å². The Bertz CT molecular complexity index is 518. The lowest BCUT2D eigenvalue weighted by molar-refractivity contribution is -0.601. The van der Waals surface area contributed by atoms with Crippen LogP contribution in [-0.2, 0) is 0 Å². The lowest BCUT2D eigenvalue weighted by Gasteiger charge is -2.28. The zero-order valence-corrected chi connectivity index (χ0v) is 12.3. The second-order valence-electron chi connectivity index (χ2n) is 6.25. The molecular weight excluding hydrogens is 234 g/mol. The molecule has 2 atom stereocenters. The number of hydrogen-bond donors (Lipinski definition) is 0. The van der Waals surface area contributed by atoms with Gasteiger partial charge in [-0.15, -0.1) is 0 Å². The minimum Gasteiger partial charge on any atom is -0.435 e. The predicted octanol–water partition coefficient (Wildman–Crippen LogP) is 3.66. The summed E-state index contributed by atoms with van der Waals surface area (Å²) in [7, 11) is 0. The Morgan fingerprint density at radius 3 is 2.74 bits per heavy atom. The molecule has 19 heavy (non-hydrogen) atoms. The fourth-order valence-corrected chi connectivity index (χ4v) is 3.62. The fraction of sp³-hybridized carbons (Fsp3) is 0.588. The van der Waals surface area contributed by atoms with E-state index in [9.17, 15) is 0 Å². The molecule has 0 amide bonds. The average molecular weight is 258 g/mol. The number of ether oxygens (including phenoxy) is 1. The smallest absolute Gasteiger partial charge is 0.287 e. The van der Waals surface area contributed by atoms with Gasteiger partial charge in [0.2, 0.25) is 0 Å². The molecule has 0 radical (unpaired) electrons. The largest absolute Gasteiger partial charge is 0.435 e. The molecule has 0 bridgehead atoms. The van der Waals surface area contributed by atoms with E-state index in [1.807, 2.05) is 0 Å². The van der Waals surface area contributed by atoms with Gasteiger partial charge in [-0.05, 0) is 43.9 Å². The van der Waals surface area contributed by atoms with Crippen LogP contribution in [0.5, 0.6) is 5.75 Å². The van der Waals surface area contributed by atoms with E-state index in [1.165, 1.54) is 42.4 Å². The van der Waals surface area contributed by atoms with Crippen LogP contribution in [0.3, 0.4) is 0 Å². The van der Waals surface area contributed by atoms with Crippen molar-refractivity contribution in [3.8, 4) is 5.75 Å². The van der Waals surface area contributed by atoms with Crippen LogP contribution < -0.4 is 4.74 Å². The molecule has 102 valence electrons. The molecule has 2 heteroatoms. The quantitative estimate of drug-likeness (QED) is 0.700. The molecule has 0 N–H and O–H groups in total. The van der Waals surface area contributed by atoms with Crippen molar-refractivity contribution in [3.05, 3.63) is 28.8 Å². The van der Waals surface area contributed by atoms with E-state index >= 15 is 0 Å². The number of benzene rings is 1. The Morgan fingerprint density at radius 2 is 1.95 bits per heavy atom. The summed E-state index contributed by atoms with van der Waals surface area (Å²) in [5.74, 6) is 1.85. The summed E-state index contributed by atoms with van der Waals surface area (Å²) < 4.78 is 8.44. The van der Waals surface area contributed by atoms with Gasteiger partial charge in [-0.3, -0.25) is 0 Å². The Labute approximate surface area is 116 Å². The van der Waals surface area contributed by atoms with Gasteiger partial charge in [-0.1, -0.05) is 19.4 Å². The third-order valence-corrected chi connectivity index (χ3v) is 4.60. The maximum atomic E-state index is 6.02. The highest BCUT2D eigenvalue weighted by Gasteiger charge is 2.32. The Kier molecular flexibility index (Phi) is 3.34. The van der Waals surface area contributed by atoms with E-state index in [2.05, 4.69) is 43.7 Å². The fourth-order valence-electron chi connectivity index (χ4n) is 3.62. The molecular formula is C17H24NO+. The molecule has 1 saturated carbocycles. The van der Waals surface area contributed by atoms with Crippen molar-refractivity contribution < 1.29 is 9.31 Å². The van der Waals surface area contributed by atoms with Gasteiger partial charge >= 0.3 is 0 Å². The molecule has 1 heterocycles. The first kappa shape index (κ1) is 12.7. The summed E-state index contributed by atoms with van der Waals surface area (Å²) in [5, 5.41) is 0. The number of rotatable bonds is 1. The van der Waals surface area contributed by atoms with Gasteiger partial charge in [0, 0.05) is 12.3 Å². The number of hydrogen-bond acceptors (Lipinski definition) is 1. The highest BCUT2D eigenvalue weighted by Crippen LogP contribution is 2.30. The summed E-state index contributed by atoms with van der Waals surface area (Å²) in [5.41, 5.74) is 3.82. The maximum absolute atomic E-state index is 6.02. The van der Waals surface area contributed by atoms with E-state index in [0.29, 0.717) is 12.8 Å². The summed E-state index contributed by atoms with van der Waals surface area (Å²) >= 11 is 0. The highest BCUT2D eigenvalue weighted by atomic mass is 16.5. The minimum absolute atomic E-state index is 0.655. The van der Waals surface area contributed by atoms with Gasteiger partial charge in [0.25, 0.3) is 6.73 Å². The van der Waals surface area contributed by atoms with E-state index in [0.717, 1.165) is 11.7 Å². The van der Waals surface area contributed by atoms with Crippen molar-refractivity contribution in [2.24, 2.45) is 5.92 Å². The van der Waals surface area contributed by atoms with E-state index in [4.69, 9.17) is 4.74 Å². The minimum atomic E-state index is 0.655. The van der Waals surface area contributed by atoms with Gasteiger partial charge in [0.1, 0.15) is 5.75 Å². The molecule has 1 aromatic rings. The number of nitrogens with zero attached hydrogens (tertiary/aromatic N) is 1.